The van der Waals surface area contributed by atoms with Crippen LogP contribution >= 0.6 is 0 Å². The smallest absolute Gasteiger partial charge is 0.417 e. The second kappa shape index (κ2) is 9.69. The van der Waals surface area contributed by atoms with Gasteiger partial charge < -0.3 is 19.3 Å². The molecule has 2 heterocycles. The van der Waals surface area contributed by atoms with Gasteiger partial charge in [0.1, 0.15) is 11.9 Å². The number of hydrogen-bond acceptors (Lipinski definition) is 7. The van der Waals surface area contributed by atoms with Crippen molar-refractivity contribution in [3.63, 3.8) is 0 Å². The molecule has 0 radical (unpaired) electrons. The number of methoxy groups -OCH3 is 1. The molecule has 0 bridgehead atoms. The van der Waals surface area contributed by atoms with Crippen LogP contribution in [0.5, 0.6) is 0 Å². The van der Waals surface area contributed by atoms with E-state index in [1.54, 1.807) is 13.0 Å². The molecular weight excluding hydrogens is 390 g/mol. The van der Waals surface area contributed by atoms with E-state index in [0.717, 1.165) is 10.5 Å². The zero-order valence-electron chi connectivity index (χ0n) is 16.9. The highest BCUT2D eigenvalue weighted by Crippen LogP contribution is 2.33. The first-order valence-electron chi connectivity index (χ1n) is 9.79. The third-order valence-electron chi connectivity index (χ3n) is 5.07. The van der Waals surface area contributed by atoms with Crippen molar-refractivity contribution in [3.8, 4) is 0 Å². The fraction of sp³-hybridized carbons (Fsp3) is 0.409. The molecule has 1 aromatic carbocycles. The Morgan fingerprint density at radius 3 is 2.63 bits per heavy atom. The summed E-state index contributed by atoms with van der Waals surface area (Å²) in [6.45, 7) is 1.74. The molecule has 0 aliphatic carbocycles. The predicted molar refractivity (Wildman–Crippen MR) is 106 cm³/mol. The van der Waals surface area contributed by atoms with Gasteiger partial charge in [0.05, 0.1) is 6.04 Å². The molecular formula is C22H25NO7. The van der Waals surface area contributed by atoms with E-state index in [1.807, 2.05) is 30.3 Å². The van der Waals surface area contributed by atoms with Crippen molar-refractivity contribution in [1.29, 1.82) is 0 Å². The van der Waals surface area contributed by atoms with Crippen LogP contribution in [0.25, 0.3) is 0 Å². The standard InChI is InChI=1S/C22H25NO7/c1-14-18(15-8-4-3-5-9-15)30-22(27)23(14)21(26)20(28-2)19-17(25)12-11-16(29-19)10-6-7-13-24/h3-5,8-12,14,18-20,24H,6-7,13H2,1-2H3/t14-,18-,19-,20-/m0/s1. The van der Waals surface area contributed by atoms with Crippen LogP contribution in [-0.4, -0.2) is 59.8 Å². The van der Waals surface area contributed by atoms with Crippen LogP contribution in [0.1, 0.15) is 31.4 Å². The Balaban J connectivity index is 1.78. The lowest BCUT2D eigenvalue weighted by Gasteiger charge is -2.30. The molecule has 8 nitrogen and oxygen atoms in total. The van der Waals surface area contributed by atoms with E-state index in [2.05, 4.69) is 0 Å². The lowest BCUT2D eigenvalue weighted by Crippen LogP contribution is -2.52. The quantitative estimate of drug-likeness (QED) is 0.682. The molecule has 1 fully saturated rings. The van der Waals surface area contributed by atoms with Crippen LogP contribution in [0, 0.1) is 0 Å². The summed E-state index contributed by atoms with van der Waals surface area (Å²) in [5.41, 5.74) is 0.768. The van der Waals surface area contributed by atoms with Crippen molar-refractivity contribution in [1.82, 2.24) is 4.90 Å². The number of carbonyl (C=O) groups is 3. The molecule has 1 N–H and O–H groups in total. The molecule has 2 aliphatic rings. The van der Waals surface area contributed by atoms with Gasteiger partial charge in [-0.3, -0.25) is 9.59 Å². The zero-order valence-corrected chi connectivity index (χ0v) is 16.9. The van der Waals surface area contributed by atoms with E-state index >= 15 is 0 Å². The number of unbranched alkanes of at least 4 members (excludes halogenated alkanes) is 1. The third-order valence-corrected chi connectivity index (χ3v) is 5.07. The van der Waals surface area contributed by atoms with E-state index in [4.69, 9.17) is 19.3 Å². The van der Waals surface area contributed by atoms with Crippen LogP contribution < -0.4 is 0 Å². The minimum absolute atomic E-state index is 0.0343. The van der Waals surface area contributed by atoms with Gasteiger partial charge in [-0.15, -0.1) is 0 Å². The molecule has 0 aromatic heterocycles. The molecule has 0 saturated carbocycles. The first-order valence-corrected chi connectivity index (χ1v) is 9.79. The van der Waals surface area contributed by atoms with Crippen molar-refractivity contribution < 1.29 is 33.7 Å². The largest absolute Gasteiger partial charge is 0.479 e. The Morgan fingerprint density at radius 2 is 1.97 bits per heavy atom. The predicted octanol–water partition coefficient (Wildman–Crippen LogP) is 2.29. The minimum Gasteiger partial charge on any atom is -0.479 e. The number of amides is 2. The number of cyclic esters (lactones) is 1. The highest BCUT2D eigenvalue weighted by Gasteiger charge is 2.48. The van der Waals surface area contributed by atoms with Gasteiger partial charge in [0.25, 0.3) is 5.91 Å². The first kappa shape index (κ1) is 21.7. The van der Waals surface area contributed by atoms with Gasteiger partial charge in [-0.2, -0.15) is 0 Å². The summed E-state index contributed by atoms with van der Waals surface area (Å²) in [6, 6.07) is 8.54. The average molecular weight is 415 g/mol. The van der Waals surface area contributed by atoms with E-state index in [-0.39, 0.29) is 6.61 Å². The van der Waals surface area contributed by atoms with Crippen LogP contribution in [0.3, 0.4) is 0 Å². The van der Waals surface area contributed by atoms with Crippen molar-refractivity contribution >= 4 is 17.8 Å². The Bertz CT molecular complexity index is 848. The molecule has 0 spiro atoms. The van der Waals surface area contributed by atoms with Crippen molar-refractivity contribution in [2.24, 2.45) is 0 Å². The van der Waals surface area contributed by atoms with Gasteiger partial charge >= 0.3 is 6.09 Å². The molecule has 1 saturated heterocycles. The van der Waals surface area contributed by atoms with Gasteiger partial charge in [-0.25, -0.2) is 9.69 Å². The number of ether oxygens (including phenoxy) is 3. The van der Waals surface area contributed by atoms with Gasteiger partial charge in [-0.05, 0) is 43.6 Å². The number of carbonyl (C=O) groups excluding carboxylic acids is 3. The number of nitrogens with zero attached hydrogens (tertiary/aromatic N) is 1. The Labute approximate surface area is 174 Å². The Morgan fingerprint density at radius 1 is 1.23 bits per heavy atom. The number of benzene rings is 1. The van der Waals surface area contributed by atoms with Gasteiger partial charge in [0.15, 0.2) is 18.0 Å². The molecule has 2 amide bonds. The number of aliphatic hydroxyl groups is 1. The fourth-order valence-corrected chi connectivity index (χ4v) is 3.50. The Hall–Kier alpha value is -2.97. The molecule has 30 heavy (non-hydrogen) atoms. The number of imide groups is 1. The molecule has 8 heteroatoms. The van der Waals surface area contributed by atoms with Crippen LogP contribution in [0.4, 0.5) is 4.79 Å². The second-order valence-corrected chi connectivity index (χ2v) is 7.07. The maximum atomic E-state index is 13.2. The number of ketones is 1. The summed E-state index contributed by atoms with van der Waals surface area (Å²) in [6.07, 6.45) is 1.71. The topological polar surface area (TPSA) is 102 Å². The normalized spacial score (nSPS) is 25.9. The molecule has 0 unspecified atom stereocenters. The average Bonchev–Trinajstić information content (AvgIpc) is 3.05. The summed E-state index contributed by atoms with van der Waals surface area (Å²) in [4.78, 5) is 39.0. The van der Waals surface area contributed by atoms with Crippen LogP contribution in [-0.2, 0) is 23.8 Å². The maximum absolute atomic E-state index is 13.2. The summed E-state index contributed by atoms with van der Waals surface area (Å²) < 4.78 is 16.4. The van der Waals surface area contributed by atoms with E-state index < -0.39 is 42.1 Å². The minimum atomic E-state index is -1.31. The SMILES string of the molecule is CO[C@H](C(=O)N1C(=O)O[C@H](c2ccccc2)[C@@H]1C)[C@H]1OC(=CCCCO)C=CC1=O. The number of aliphatic hydroxyl groups excluding tert-OH is 1. The molecule has 4 atom stereocenters. The molecule has 160 valence electrons. The maximum Gasteiger partial charge on any atom is 0.417 e. The van der Waals surface area contributed by atoms with Crippen molar-refractivity contribution in [2.75, 3.05) is 13.7 Å². The highest BCUT2D eigenvalue weighted by molar-refractivity contribution is 6.03. The zero-order chi connectivity index (χ0) is 21.7. The summed E-state index contributed by atoms with van der Waals surface area (Å²) >= 11 is 0. The fourth-order valence-electron chi connectivity index (χ4n) is 3.50. The lowest BCUT2D eigenvalue weighted by atomic mass is 10.0. The summed E-state index contributed by atoms with van der Waals surface area (Å²) in [5.74, 6) is -0.728. The number of hydrogen-bond donors (Lipinski definition) is 1. The molecule has 2 aliphatic heterocycles. The van der Waals surface area contributed by atoms with E-state index in [9.17, 15) is 14.4 Å². The second-order valence-electron chi connectivity index (χ2n) is 7.07. The molecule has 3 rings (SSSR count). The van der Waals surface area contributed by atoms with E-state index in [1.165, 1.54) is 19.3 Å². The molecule has 1 aromatic rings. The van der Waals surface area contributed by atoms with E-state index in [0.29, 0.717) is 18.6 Å². The van der Waals surface area contributed by atoms with Crippen molar-refractivity contribution in [3.05, 3.63) is 59.9 Å². The van der Waals surface area contributed by atoms with Crippen molar-refractivity contribution in [2.45, 2.75) is 44.1 Å². The van der Waals surface area contributed by atoms with Crippen LogP contribution in [0.2, 0.25) is 0 Å². The lowest BCUT2D eigenvalue weighted by molar-refractivity contribution is -0.153. The third kappa shape index (κ3) is 4.44. The summed E-state index contributed by atoms with van der Waals surface area (Å²) in [5, 5.41) is 8.91. The van der Waals surface area contributed by atoms with Crippen LogP contribution in [0.15, 0.2) is 54.3 Å². The highest BCUT2D eigenvalue weighted by atomic mass is 16.6. The Kier molecular flexibility index (Phi) is 7.02. The number of allylic oxidation sites excluding steroid dienone is 2. The van der Waals surface area contributed by atoms with Gasteiger partial charge in [-0.1, -0.05) is 30.3 Å². The van der Waals surface area contributed by atoms with Gasteiger partial charge in [0.2, 0.25) is 0 Å². The van der Waals surface area contributed by atoms with Gasteiger partial charge in [0, 0.05) is 13.7 Å². The summed E-state index contributed by atoms with van der Waals surface area (Å²) in [7, 11) is 1.29. The first-order chi connectivity index (χ1) is 14.5. The monoisotopic (exact) mass is 415 g/mol. The number of rotatable bonds is 7.